The standard InChI is InChI=1S/C18H17FN2O3/c1-12(24-11-13-4-3-5-16(8-13)23-2)18(22)21-15-6-7-17(19)14(9-15)10-20/h3-9,12H,11H2,1-2H3,(H,21,22). The fraction of sp³-hybridized carbons (Fsp3) is 0.222. The highest BCUT2D eigenvalue weighted by atomic mass is 19.1. The van der Waals surface area contributed by atoms with Crippen molar-refractivity contribution in [1.29, 1.82) is 5.26 Å². The molecule has 2 rings (SSSR count). The second-order valence-corrected chi connectivity index (χ2v) is 5.10. The monoisotopic (exact) mass is 328 g/mol. The van der Waals surface area contributed by atoms with E-state index in [1.807, 2.05) is 24.3 Å². The molecule has 0 spiro atoms. The number of methoxy groups -OCH3 is 1. The van der Waals surface area contributed by atoms with Crippen molar-refractivity contribution >= 4 is 11.6 Å². The lowest BCUT2D eigenvalue weighted by Gasteiger charge is -2.14. The molecule has 0 bridgehead atoms. The van der Waals surface area contributed by atoms with E-state index in [0.29, 0.717) is 11.4 Å². The molecule has 1 N–H and O–H groups in total. The van der Waals surface area contributed by atoms with Gasteiger partial charge in [0.25, 0.3) is 5.91 Å². The molecule has 0 aromatic heterocycles. The summed E-state index contributed by atoms with van der Waals surface area (Å²) in [6, 6.07) is 12.9. The normalized spacial score (nSPS) is 11.4. The van der Waals surface area contributed by atoms with Gasteiger partial charge in [-0.1, -0.05) is 12.1 Å². The van der Waals surface area contributed by atoms with Gasteiger partial charge in [-0.05, 0) is 42.8 Å². The molecule has 0 saturated carbocycles. The predicted molar refractivity (Wildman–Crippen MR) is 87.0 cm³/mol. The molecule has 6 heteroatoms. The van der Waals surface area contributed by atoms with Crippen molar-refractivity contribution in [2.45, 2.75) is 19.6 Å². The smallest absolute Gasteiger partial charge is 0.253 e. The van der Waals surface area contributed by atoms with Crippen LogP contribution >= 0.6 is 0 Å². The number of hydrogen-bond donors (Lipinski definition) is 1. The molecule has 24 heavy (non-hydrogen) atoms. The van der Waals surface area contributed by atoms with Gasteiger partial charge >= 0.3 is 0 Å². The van der Waals surface area contributed by atoms with Crippen LogP contribution in [0.15, 0.2) is 42.5 Å². The minimum Gasteiger partial charge on any atom is -0.497 e. The highest BCUT2D eigenvalue weighted by Gasteiger charge is 2.14. The van der Waals surface area contributed by atoms with Gasteiger partial charge < -0.3 is 14.8 Å². The van der Waals surface area contributed by atoms with Gasteiger partial charge in [-0.3, -0.25) is 4.79 Å². The quantitative estimate of drug-likeness (QED) is 0.883. The van der Waals surface area contributed by atoms with Crippen LogP contribution in [0.4, 0.5) is 10.1 Å². The molecule has 0 aliphatic rings. The summed E-state index contributed by atoms with van der Waals surface area (Å²) < 4.78 is 23.9. The topological polar surface area (TPSA) is 71.3 Å². The van der Waals surface area contributed by atoms with Crippen LogP contribution in [-0.4, -0.2) is 19.1 Å². The summed E-state index contributed by atoms with van der Waals surface area (Å²) in [4.78, 5) is 12.1. The van der Waals surface area contributed by atoms with E-state index in [9.17, 15) is 9.18 Å². The Labute approximate surface area is 139 Å². The molecule has 0 aliphatic carbocycles. The van der Waals surface area contributed by atoms with E-state index in [1.165, 1.54) is 12.1 Å². The third-order valence-electron chi connectivity index (χ3n) is 3.36. The van der Waals surface area contributed by atoms with Gasteiger partial charge in [0.1, 0.15) is 23.7 Å². The number of carbonyl (C=O) groups is 1. The van der Waals surface area contributed by atoms with Gasteiger partial charge in [-0.25, -0.2) is 4.39 Å². The predicted octanol–water partition coefficient (Wildman–Crippen LogP) is 3.25. The van der Waals surface area contributed by atoms with Crippen LogP contribution < -0.4 is 10.1 Å². The first-order chi connectivity index (χ1) is 11.5. The van der Waals surface area contributed by atoms with Crippen LogP contribution in [0, 0.1) is 17.1 Å². The summed E-state index contributed by atoms with van der Waals surface area (Å²) in [5.74, 6) is -0.297. The van der Waals surface area contributed by atoms with Crippen LogP contribution in [-0.2, 0) is 16.1 Å². The Balaban J connectivity index is 1.93. The SMILES string of the molecule is COc1cccc(COC(C)C(=O)Nc2ccc(F)c(C#N)c2)c1. The summed E-state index contributed by atoms with van der Waals surface area (Å²) in [5, 5.41) is 11.4. The van der Waals surface area contributed by atoms with Gasteiger partial charge in [-0.2, -0.15) is 5.26 Å². The molecule has 2 aromatic rings. The van der Waals surface area contributed by atoms with Gasteiger partial charge in [0.05, 0.1) is 19.3 Å². The highest BCUT2D eigenvalue weighted by molar-refractivity contribution is 5.94. The van der Waals surface area contributed by atoms with Crippen LogP contribution in [0.25, 0.3) is 0 Å². The van der Waals surface area contributed by atoms with Gasteiger partial charge in [0.2, 0.25) is 0 Å². The average Bonchev–Trinajstić information content (AvgIpc) is 2.61. The maximum absolute atomic E-state index is 13.3. The lowest BCUT2D eigenvalue weighted by molar-refractivity contribution is -0.127. The number of benzene rings is 2. The molecule has 0 fully saturated rings. The number of halogens is 1. The molecular formula is C18H17FN2O3. The lowest BCUT2D eigenvalue weighted by Crippen LogP contribution is -2.27. The number of hydrogen-bond acceptors (Lipinski definition) is 4. The second kappa shape index (κ2) is 8.09. The van der Waals surface area contributed by atoms with E-state index in [1.54, 1.807) is 20.1 Å². The minimum atomic E-state index is -0.716. The van der Waals surface area contributed by atoms with E-state index < -0.39 is 11.9 Å². The number of ether oxygens (including phenoxy) is 2. The molecule has 1 amide bonds. The molecule has 124 valence electrons. The van der Waals surface area contributed by atoms with Crippen LogP contribution in [0.5, 0.6) is 5.75 Å². The fourth-order valence-electron chi connectivity index (χ4n) is 1.99. The molecule has 0 aliphatic heterocycles. The maximum Gasteiger partial charge on any atom is 0.253 e. The third kappa shape index (κ3) is 4.54. The Morgan fingerprint density at radius 1 is 1.33 bits per heavy atom. The summed E-state index contributed by atoms with van der Waals surface area (Å²) >= 11 is 0. The average molecular weight is 328 g/mol. The molecule has 1 unspecified atom stereocenters. The van der Waals surface area contributed by atoms with Gasteiger partial charge in [0.15, 0.2) is 0 Å². The Hall–Kier alpha value is -2.91. The third-order valence-corrected chi connectivity index (χ3v) is 3.36. The molecule has 0 radical (unpaired) electrons. The van der Waals surface area contributed by atoms with Crippen LogP contribution in [0.2, 0.25) is 0 Å². The molecule has 0 saturated heterocycles. The Kier molecular flexibility index (Phi) is 5.88. The fourth-order valence-corrected chi connectivity index (χ4v) is 1.99. The van der Waals surface area contributed by atoms with Crippen molar-refractivity contribution in [2.24, 2.45) is 0 Å². The first-order valence-corrected chi connectivity index (χ1v) is 7.28. The Morgan fingerprint density at radius 3 is 2.83 bits per heavy atom. The lowest BCUT2D eigenvalue weighted by atomic mass is 10.2. The molecule has 2 aromatic carbocycles. The van der Waals surface area contributed by atoms with Crippen molar-refractivity contribution in [2.75, 3.05) is 12.4 Å². The first kappa shape index (κ1) is 17.4. The number of rotatable bonds is 6. The van der Waals surface area contributed by atoms with E-state index in [2.05, 4.69) is 5.32 Å². The molecule has 5 nitrogen and oxygen atoms in total. The molecular weight excluding hydrogens is 311 g/mol. The highest BCUT2D eigenvalue weighted by Crippen LogP contribution is 2.16. The molecule has 0 heterocycles. The van der Waals surface area contributed by atoms with E-state index in [0.717, 1.165) is 11.6 Å². The maximum atomic E-state index is 13.3. The summed E-state index contributed by atoms with van der Waals surface area (Å²) in [7, 11) is 1.58. The van der Waals surface area contributed by atoms with Crippen LogP contribution in [0.1, 0.15) is 18.1 Å². The number of anilines is 1. The number of carbonyl (C=O) groups excluding carboxylic acids is 1. The summed E-state index contributed by atoms with van der Waals surface area (Å²) in [6.45, 7) is 1.86. The first-order valence-electron chi connectivity index (χ1n) is 7.28. The van der Waals surface area contributed by atoms with Crippen molar-refractivity contribution in [3.63, 3.8) is 0 Å². The van der Waals surface area contributed by atoms with E-state index in [4.69, 9.17) is 14.7 Å². The zero-order valence-electron chi connectivity index (χ0n) is 13.4. The zero-order chi connectivity index (χ0) is 17.5. The van der Waals surface area contributed by atoms with E-state index >= 15 is 0 Å². The van der Waals surface area contributed by atoms with Crippen molar-refractivity contribution in [3.05, 3.63) is 59.4 Å². The largest absolute Gasteiger partial charge is 0.497 e. The minimum absolute atomic E-state index is 0.127. The summed E-state index contributed by atoms with van der Waals surface area (Å²) in [6.07, 6.45) is -0.716. The van der Waals surface area contributed by atoms with Gasteiger partial charge in [0, 0.05) is 5.69 Å². The summed E-state index contributed by atoms with van der Waals surface area (Å²) in [5.41, 5.74) is 1.09. The Bertz CT molecular complexity index is 771. The van der Waals surface area contributed by atoms with Gasteiger partial charge in [-0.15, -0.1) is 0 Å². The number of nitrogens with zero attached hydrogens (tertiary/aromatic N) is 1. The van der Waals surface area contributed by atoms with Crippen molar-refractivity contribution in [3.8, 4) is 11.8 Å². The molecule has 1 atom stereocenters. The Morgan fingerprint density at radius 2 is 2.12 bits per heavy atom. The number of amides is 1. The number of nitriles is 1. The zero-order valence-corrected chi connectivity index (χ0v) is 13.4. The van der Waals surface area contributed by atoms with E-state index in [-0.39, 0.29) is 18.1 Å². The van der Waals surface area contributed by atoms with Crippen LogP contribution in [0.3, 0.4) is 0 Å². The van der Waals surface area contributed by atoms with Crippen molar-refractivity contribution in [1.82, 2.24) is 0 Å². The number of nitrogens with one attached hydrogen (secondary N) is 1. The second-order valence-electron chi connectivity index (χ2n) is 5.10. The van der Waals surface area contributed by atoms with Crippen molar-refractivity contribution < 1.29 is 18.7 Å².